The van der Waals surface area contributed by atoms with E-state index in [2.05, 4.69) is 10.3 Å². The number of carbonyl (C=O) groups excluding carboxylic acids is 2. The van der Waals surface area contributed by atoms with Gasteiger partial charge in [-0.2, -0.15) is 0 Å². The van der Waals surface area contributed by atoms with Crippen LogP contribution in [0.3, 0.4) is 0 Å². The van der Waals surface area contributed by atoms with Gasteiger partial charge in [0.2, 0.25) is 5.91 Å². The van der Waals surface area contributed by atoms with Crippen LogP contribution in [0.5, 0.6) is 0 Å². The lowest BCUT2D eigenvalue weighted by molar-refractivity contribution is -0.162. The van der Waals surface area contributed by atoms with Gasteiger partial charge in [-0.3, -0.25) is 9.59 Å². The van der Waals surface area contributed by atoms with Crippen LogP contribution in [0.2, 0.25) is 5.02 Å². The van der Waals surface area contributed by atoms with Crippen LogP contribution in [0, 0.1) is 0 Å². The summed E-state index contributed by atoms with van der Waals surface area (Å²) in [5, 5.41) is 3.50. The average Bonchev–Trinajstić information content (AvgIpc) is 3.15. The van der Waals surface area contributed by atoms with Crippen LogP contribution in [-0.4, -0.2) is 52.6 Å². The Morgan fingerprint density at radius 2 is 2.15 bits per heavy atom. The van der Waals surface area contributed by atoms with Crippen molar-refractivity contribution < 1.29 is 14.3 Å². The second-order valence-corrected chi connectivity index (χ2v) is 6.61. The van der Waals surface area contributed by atoms with Crippen LogP contribution in [0.25, 0.3) is 0 Å². The molecule has 3 rings (SSSR count). The molecule has 2 amide bonds. The number of benzene rings is 1. The Morgan fingerprint density at radius 3 is 2.85 bits per heavy atom. The molecule has 0 spiro atoms. The molecule has 2 aromatic rings. The summed E-state index contributed by atoms with van der Waals surface area (Å²) in [5.41, 5.74) is 0.809. The van der Waals surface area contributed by atoms with Gasteiger partial charge < -0.3 is 19.5 Å². The number of nitrogens with zero attached hydrogens (tertiary/aromatic N) is 3. The zero-order valence-electron chi connectivity index (χ0n) is 14.5. The summed E-state index contributed by atoms with van der Waals surface area (Å²) >= 11 is 5.94. The highest BCUT2D eigenvalue weighted by Gasteiger charge is 2.39. The van der Waals surface area contributed by atoms with E-state index in [1.54, 1.807) is 36.6 Å². The molecule has 1 N–H and O–H groups in total. The average molecular weight is 377 g/mol. The smallest absolute Gasteiger partial charge is 0.251 e. The molecule has 8 heteroatoms. The first-order valence-electron chi connectivity index (χ1n) is 8.42. The molecule has 0 aliphatic carbocycles. The van der Waals surface area contributed by atoms with Crippen molar-refractivity contribution in [1.82, 2.24) is 19.8 Å². The van der Waals surface area contributed by atoms with Crippen LogP contribution in [0.4, 0.5) is 0 Å². The largest absolute Gasteiger partial charge is 0.356 e. The normalized spacial score (nSPS) is 20.2. The topological polar surface area (TPSA) is 76.5 Å². The van der Waals surface area contributed by atoms with Gasteiger partial charge in [-0.1, -0.05) is 23.7 Å². The van der Waals surface area contributed by atoms with E-state index in [1.807, 2.05) is 22.9 Å². The number of carbonyl (C=O) groups is 2. The van der Waals surface area contributed by atoms with Gasteiger partial charge in [-0.25, -0.2) is 4.98 Å². The number of likely N-dealkylation sites (N-methyl/N-ethyl adjacent to an activating group) is 1. The number of halogens is 1. The van der Waals surface area contributed by atoms with Gasteiger partial charge in [-0.05, 0) is 24.1 Å². The number of hydrogen-bond donors (Lipinski definition) is 1. The maximum absolute atomic E-state index is 12.6. The van der Waals surface area contributed by atoms with E-state index in [0.29, 0.717) is 11.6 Å². The Balaban J connectivity index is 1.63. The van der Waals surface area contributed by atoms with Gasteiger partial charge >= 0.3 is 0 Å². The zero-order chi connectivity index (χ0) is 18.5. The third kappa shape index (κ3) is 4.23. The van der Waals surface area contributed by atoms with E-state index in [-0.39, 0.29) is 18.4 Å². The first kappa shape index (κ1) is 18.4. The van der Waals surface area contributed by atoms with E-state index in [1.165, 1.54) is 0 Å². The number of imidazole rings is 1. The van der Waals surface area contributed by atoms with E-state index in [0.717, 1.165) is 18.5 Å². The summed E-state index contributed by atoms with van der Waals surface area (Å²) in [6, 6.07) is 6.62. The minimum absolute atomic E-state index is 0.103. The quantitative estimate of drug-likeness (QED) is 0.777. The van der Waals surface area contributed by atoms with Crippen molar-refractivity contribution in [2.45, 2.75) is 25.1 Å². The number of aryl methyl sites for hydroxylation is 1. The third-order valence-corrected chi connectivity index (χ3v) is 4.66. The number of rotatable bonds is 6. The third-order valence-electron chi connectivity index (χ3n) is 4.41. The molecule has 1 aromatic carbocycles. The molecule has 2 heterocycles. The van der Waals surface area contributed by atoms with Gasteiger partial charge in [0.15, 0.2) is 6.10 Å². The minimum Gasteiger partial charge on any atom is -0.356 e. The fourth-order valence-electron chi connectivity index (χ4n) is 2.98. The number of nitrogens with one attached hydrogen (secondary N) is 1. The number of hydrogen-bond acceptors (Lipinski definition) is 4. The molecule has 1 saturated heterocycles. The fraction of sp³-hybridized carbons (Fsp3) is 0.389. The van der Waals surface area contributed by atoms with Crippen LogP contribution >= 0.6 is 11.6 Å². The Bertz CT molecular complexity index is 748. The molecule has 1 aromatic heterocycles. The van der Waals surface area contributed by atoms with E-state index >= 15 is 0 Å². The molecule has 26 heavy (non-hydrogen) atoms. The van der Waals surface area contributed by atoms with Crippen molar-refractivity contribution in [3.63, 3.8) is 0 Å². The van der Waals surface area contributed by atoms with Gasteiger partial charge in [0.25, 0.3) is 5.91 Å². The Morgan fingerprint density at radius 1 is 1.38 bits per heavy atom. The van der Waals surface area contributed by atoms with Gasteiger partial charge in [0, 0.05) is 37.6 Å². The van der Waals surface area contributed by atoms with E-state index < -0.39 is 12.1 Å². The first-order valence-corrected chi connectivity index (χ1v) is 8.80. The predicted octanol–water partition coefficient (Wildman–Crippen LogP) is 1.64. The number of amides is 2. The molecule has 2 atom stereocenters. The summed E-state index contributed by atoms with van der Waals surface area (Å²) in [4.78, 5) is 30.2. The molecular weight excluding hydrogens is 356 g/mol. The summed E-state index contributed by atoms with van der Waals surface area (Å²) in [7, 11) is 1.68. The summed E-state index contributed by atoms with van der Waals surface area (Å²) in [5.74, 6) is -0.385. The number of morpholine rings is 1. The van der Waals surface area contributed by atoms with Gasteiger partial charge in [-0.15, -0.1) is 0 Å². The molecule has 1 aliphatic heterocycles. The molecular formula is C18H21ClN4O3. The molecule has 1 fully saturated rings. The van der Waals surface area contributed by atoms with Crippen molar-refractivity contribution in [1.29, 1.82) is 0 Å². The highest BCUT2D eigenvalue weighted by Crippen LogP contribution is 2.30. The van der Waals surface area contributed by atoms with Crippen LogP contribution < -0.4 is 5.32 Å². The van der Waals surface area contributed by atoms with E-state index in [9.17, 15) is 9.59 Å². The standard InChI is InChI=1S/C18H21ClN4O3/c1-22-15(24)11-26-17(16(22)13-3-5-14(19)6-4-13)18(25)21-7-2-9-23-10-8-20-12-23/h3-6,8,10,12,16-17H,2,7,9,11H2,1H3,(H,21,25). The van der Waals surface area contributed by atoms with Crippen molar-refractivity contribution in [2.75, 3.05) is 20.2 Å². The maximum Gasteiger partial charge on any atom is 0.251 e. The molecule has 2 unspecified atom stereocenters. The lowest BCUT2D eigenvalue weighted by Crippen LogP contribution is -2.53. The SMILES string of the molecule is CN1C(=O)COC(C(=O)NCCCn2ccnc2)C1c1ccc(Cl)cc1. The summed E-state index contributed by atoms with van der Waals surface area (Å²) in [6.45, 7) is 1.18. The molecule has 0 saturated carbocycles. The Kier molecular flexibility index (Phi) is 5.90. The van der Waals surface area contributed by atoms with Gasteiger partial charge in [0.05, 0.1) is 12.4 Å². The van der Waals surface area contributed by atoms with Crippen LogP contribution in [0.1, 0.15) is 18.0 Å². The maximum atomic E-state index is 12.6. The zero-order valence-corrected chi connectivity index (χ0v) is 15.2. The first-order chi connectivity index (χ1) is 12.6. The number of ether oxygens (including phenoxy) is 1. The van der Waals surface area contributed by atoms with Crippen molar-refractivity contribution >= 4 is 23.4 Å². The Labute approximate surface area is 156 Å². The molecule has 0 bridgehead atoms. The summed E-state index contributed by atoms with van der Waals surface area (Å²) in [6.07, 6.45) is 5.35. The highest BCUT2D eigenvalue weighted by molar-refractivity contribution is 6.30. The van der Waals surface area contributed by atoms with Crippen molar-refractivity contribution in [3.8, 4) is 0 Å². The highest BCUT2D eigenvalue weighted by atomic mass is 35.5. The summed E-state index contributed by atoms with van der Waals surface area (Å²) < 4.78 is 7.52. The lowest BCUT2D eigenvalue weighted by Gasteiger charge is -2.38. The van der Waals surface area contributed by atoms with Crippen LogP contribution in [0.15, 0.2) is 43.0 Å². The van der Waals surface area contributed by atoms with Crippen LogP contribution in [-0.2, 0) is 20.9 Å². The fourth-order valence-corrected chi connectivity index (χ4v) is 3.11. The molecule has 7 nitrogen and oxygen atoms in total. The molecule has 0 radical (unpaired) electrons. The predicted molar refractivity (Wildman–Crippen MR) is 96.6 cm³/mol. The van der Waals surface area contributed by atoms with Crippen molar-refractivity contribution in [3.05, 3.63) is 53.6 Å². The van der Waals surface area contributed by atoms with Gasteiger partial charge in [0.1, 0.15) is 6.61 Å². The van der Waals surface area contributed by atoms with E-state index in [4.69, 9.17) is 16.3 Å². The Hall–Kier alpha value is -2.38. The molecule has 1 aliphatic rings. The monoisotopic (exact) mass is 376 g/mol. The lowest BCUT2D eigenvalue weighted by atomic mass is 9.97. The minimum atomic E-state index is -0.757. The second-order valence-electron chi connectivity index (χ2n) is 6.18. The second kappa shape index (κ2) is 8.33. The number of aromatic nitrogens is 2. The van der Waals surface area contributed by atoms with Crippen molar-refractivity contribution in [2.24, 2.45) is 0 Å². The molecule has 138 valence electrons.